The lowest BCUT2D eigenvalue weighted by Gasteiger charge is -2.26. The van der Waals surface area contributed by atoms with Gasteiger partial charge in [0.05, 0.1) is 15.5 Å². The molecule has 10 heteroatoms. The third kappa shape index (κ3) is 5.42. The number of amides is 1. The number of piperidine rings is 1. The number of fused-ring (bicyclic) bond motifs is 1. The average Bonchev–Trinajstić information content (AvgIpc) is 3.09. The third-order valence-electron chi connectivity index (χ3n) is 6.17. The van der Waals surface area contributed by atoms with Crippen LogP contribution in [0.2, 0.25) is 0 Å². The summed E-state index contributed by atoms with van der Waals surface area (Å²) in [5.74, 6) is -0.996. The molecule has 4 rings (SSSR count). The quantitative estimate of drug-likeness (QED) is 0.572. The molecule has 0 bridgehead atoms. The fraction of sp³-hybridized carbons (Fsp3) is 0.435. The van der Waals surface area contributed by atoms with Gasteiger partial charge in [-0.25, -0.2) is 16.8 Å². The number of nitrogens with one attached hydrogen (secondary N) is 1. The first-order valence-corrected chi connectivity index (χ1v) is 14.2. The summed E-state index contributed by atoms with van der Waals surface area (Å²) >= 11 is 0. The van der Waals surface area contributed by atoms with Crippen molar-refractivity contribution in [2.45, 2.75) is 40.7 Å². The van der Waals surface area contributed by atoms with Crippen LogP contribution in [0.25, 0.3) is 0 Å². The molecular weight excluding hydrogens is 484 g/mol. The molecule has 0 aliphatic carbocycles. The maximum Gasteiger partial charge on any atom is 0.251 e. The third-order valence-corrected chi connectivity index (χ3v) is 10.3. The van der Waals surface area contributed by atoms with Gasteiger partial charge in [0, 0.05) is 17.7 Å². The zero-order valence-corrected chi connectivity index (χ0v) is 20.7. The summed E-state index contributed by atoms with van der Waals surface area (Å²) in [6.07, 6.45) is 4.45. The number of benzene rings is 2. The van der Waals surface area contributed by atoms with E-state index in [4.69, 9.17) is 0 Å². The molecule has 1 amide bonds. The summed E-state index contributed by atoms with van der Waals surface area (Å²) < 4.78 is 52.1. The lowest BCUT2D eigenvalue weighted by atomic mass is 10.0. The molecule has 1 atom stereocenters. The van der Waals surface area contributed by atoms with E-state index in [9.17, 15) is 21.6 Å². The van der Waals surface area contributed by atoms with Gasteiger partial charge in [0.25, 0.3) is 5.91 Å². The van der Waals surface area contributed by atoms with E-state index in [2.05, 4.69) is 10.2 Å². The van der Waals surface area contributed by atoms with Crippen molar-refractivity contribution in [3.05, 3.63) is 59.7 Å². The molecule has 2 aliphatic heterocycles. The Bertz CT molecular complexity index is 1190. The molecule has 1 N–H and O–H groups in total. The Kier molecular flexibility index (Phi) is 8.21. The molecule has 0 radical (unpaired) electrons. The van der Waals surface area contributed by atoms with E-state index in [1.54, 1.807) is 18.2 Å². The molecule has 0 spiro atoms. The predicted octanol–water partition coefficient (Wildman–Crippen LogP) is 3.02. The zero-order chi connectivity index (χ0) is 22.8. The van der Waals surface area contributed by atoms with Crippen molar-refractivity contribution in [2.75, 3.05) is 31.9 Å². The van der Waals surface area contributed by atoms with Crippen molar-refractivity contribution in [1.82, 2.24) is 10.2 Å². The number of halogens is 1. The SMILES string of the molecule is Cl.O=C(NCCCN1CCCCC1)c1cccc2c1C(S(=O)(=O)c1ccccc1)CS2(=O)=O. The molecule has 2 aliphatic rings. The Morgan fingerprint density at radius 2 is 1.70 bits per heavy atom. The lowest BCUT2D eigenvalue weighted by molar-refractivity contribution is 0.0950. The van der Waals surface area contributed by atoms with E-state index >= 15 is 0 Å². The number of hydrogen-bond donors (Lipinski definition) is 1. The van der Waals surface area contributed by atoms with Crippen molar-refractivity contribution in [3.63, 3.8) is 0 Å². The van der Waals surface area contributed by atoms with E-state index in [1.165, 1.54) is 49.6 Å². The van der Waals surface area contributed by atoms with Gasteiger partial charge in [-0.2, -0.15) is 0 Å². The first kappa shape index (κ1) is 25.7. The molecule has 2 aromatic carbocycles. The average molecular weight is 513 g/mol. The summed E-state index contributed by atoms with van der Waals surface area (Å²) in [4.78, 5) is 15.3. The topological polar surface area (TPSA) is 101 Å². The van der Waals surface area contributed by atoms with E-state index in [1.807, 2.05) is 0 Å². The molecule has 2 heterocycles. The molecule has 1 unspecified atom stereocenters. The van der Waals surface area contributed by atoms with E-state index in [0.717, 1.165) is 26.1 Å². The summed E-state index contributed by atoms with van der Waals surface area (Å²) in [6, 6.07) is 12.2. The number of carbonyl (C=O) groups excluding carboxylic acids is 1. The van der Waals surface area contributed by atoms with Gasteiger partial charge in [0.15, 0.2) is 19.7 Å². The van der Waals surface area contributed by atoms with Crippen LogP contribution in [-0.4, -0.2) is 59.6 Å². The van der Waals surface area contributed by atoms with Gasteiger partial charge in [0.1, 0.15) is 5.25 Å². The van der Waals surface area contributed by atoms with Crippen molar-refractivity contribution in [1.29, 1.82) is 0 Å². The van der Waals surface area contributed by atoms with E-state index < -0.39 is 36.6 Å². The summed E-state index contributed by atoms with van der Waals surface area (Å²) in [7, 11) is -7.79. The van der Waals surface area contributed by atoms with Crippen molar-refractivity contribution in [3.8, 4) is 0 Å². The van der Waals surface area contributed by atoms with Crippen molar-refractivity contribution < 1.29 is 21.6 Å². The normalized spacial score (nSPS) is 19.9. The predicted molar refractivity (Wildman–Crippen MR) is 129 cm³/mol. The largest absolute Gasteiger partial charge is 0.352 e. The number of likely N-dealkylation sites (tertiary alicyclic amines) is 1. The van der Waals surface area contributed by atoms with Crippen LogP contribution in [0.1, 0.15) is 46.9 Å². The van der Waals surface area contributed by atoms with Gasteiger partial charge in [-0.1, -0.05) is 30.7 Å². The van der Waals surface area contributed by atoms with Gasteiger partial charge >= 0.3 is 0 Å². The van der Waals surface area contributed by atoms with Crippen LogP contribution in [0.15, 0.2) is 58.3 Å². The molecule has 2 aromatic rings. The minimum atomic E-state index is -3.98. The maximum atomic E-state index is 13.3. The Morgan fingerprint density at radius 1 is 1.00 bits per heavy atom. The standard InChI is InChI=1S/C23H28N2O5S2.ClH/c26-23(24-13-8-16-25-14-5-2-6-15-25)19-11-7-12-20-22(19)21(17-31(20,27)28)32(29,30)18-9-3-1-4-10-18;/h1,3-4,7,9-12,21H,2,5-6,8,13-17H2,(H,24,26);1H. The lowest BCUT2D eigenvalue weighted by Crippen LogP contribution is -2.33. The zero-order valence-electron chi connectivity index (χ0n) is 18.3. The molecule has 1 fully saturated rings. The fourth-order valence-corrected chi connectivity index (χ4v) is 8.90. The number of carbonyl (C=O) groups is 1. The second-order valence-electron chi connectivity index (χ2n) is 8.36. The van der Waals surface area contributed by atoms with Crippen molar-refractivity contribution in [2.24, 2.45) is 0 Å². The summed E-state index contributed by atoms with van der Waals surface area (Å²) in [5.41, 5.74) is 0.205. The monoisotopic (exact) mass is 512 g/mol. The van der Waals surface area contributed by atoms with E-state index in [0.29, 0.717) is 6.54 Å². The smallest absolute Gasteiger partial charge is 0.251 e. The van der Waals surface area contributed by atoms with E-state index in [-0.39, 0.29) is 33.3 Å². The molecule has 180 valence electrons. The molecule has 0 aromatic heterocycles. The van der Waals surface area contributed by atoms with Crippen LogP contribution in [-0.2, 0) is 19.7 Å². The highest BCUT2D eigenvalue weighted by atomic mass is 35.5. The maximum absolute atomic E-state index is 13.3. The summed E-state index contributed by atoms with van der Waals surface area (Å²) in [6.45, 7) is 3.50. The van der Waals surface area contributed by atoms with Crippen LogP contribution in [0.5, 0.6) is 0 Å². The van der Waals surface area contributed by atoms with Crippen LogP contribution in [0.3, 0.4) is 0 Å². The molecule has 33 heavy (non-hydrogen) atoms. The van der Waals surface area contributed by atoms with Crippen LogP contribution >= 0.6 is 12.4 Å². The second kappa shape index (κ2) is 10.5. The first-order valence-electron chi connectivity index (χ1n) is 11.0. The first-order chi connectivity index (χ1) is 15.3. The van der Waals surface area contributed by atoms with Gasteiger partial charge in [0.2, 0.25) is 0 Å². The second-order valence-corrected chi connectivity index (χ2v) is 12.5. The van der Waals surface area contributed by atoms with Crippen LogP contribution in [0.4, 0.5) is 0 Å². The van der Waals surface area contributed by atoms with Crippen molar-refractivity contribution >= 4 is 38.0 Å². The number of rotatable bonds is 7. The Morgan fingerprint density at radius 3 is 2.39 bits per heavy atom. The van der Waals surface area contributed by atoms with Gasteiger partial charge in [-0.3, -0.25) is 4.79 Å². The molecular formula is C23H29ClN2O5S2. The number of sulfone groups is 2. The minimum Gasteiger partial charge on any atom is -0.352 e. The highest BCUT2D eigenvalue weighted by molar-refractivity contribution is 7.96. The molecule has 1 saturated heterocycles. The van der Waals surface area contributed by atoms with Gasteiger partial charge in [-0.05, 0) is 63.2 Å². The van der Waals surface area contributed by atoms with Gasteiger partial charge in [-0.15, -0.1) is 12.4 Å². The highest BCUT2D eigenvalue weighted by Crippen LogP contribution is 2.42. The molecule has 0 saturated carbocycles. The Balaban J connectivity index is 0.00000306. The Hall–Kier alpha value is -1.94. The Labute approximate surface area is 201 Å². The number of hydrogen-bond acceptors (Lipinski definition) is 6. The van der Waals surface area contributed by atoms with Gasteiger partial charge < -0.3 is 10.2 Å². The summed E-state index contributed by atoms with van der Waals surface area (Å²) in [5, 5.41) is 1.55. The highest BCUT2D eigenvalue weighted by Gasteiger charge is 2.45. The molecule has 7 nitrogen and oxygen atoms in total. The fourth-order valence-electron chi connectivity index (χ4n) is 4.52. The minimum absolute atomic E-state index is 0. The van der Waals surface area contributed by atoms with Crippen LogP contribution < -0.4 is 5.32 Å². The van der Waals surface area contributed by atoms with Crippen LogP contribution in [0, 0.1) is 0 Å². The number of nitrogens with zero attached hydrogens (tertiary/aromatic N) is 1.